The van der Waals surface area contributed by atoms with Crippen LogP contribution in [0, 0.1) is 23.7 Å². The molecule has 0 radical (unpaired) electrons. The second-order valence-corrected chi connectivity index (χ2v) is 11.6. The van der Waals surface area contributed by atoms with Crippen LogP contribution in [0.2, 0.25) is 0 Å². The fourth-order valence-corrected chi connectivity index (χ4v) is 5.31. The molecule has 1 aromatic carbocycles. The van der Waals surface area contributed by atoms with Gasteiger partial charge in [0, 0.05) is 51.2 Å². The summed E-state index contributed by atoms with van der Waals surface area (Å²) < 4.78 is 22.2. The lowest BCUT2D eigenvalue weighted by Gasteiger charge is -2.30. The van der Waals surface area contributed by atoms with Crippen molar-refractivity contribution in [2.24, 2.45) is 29.4 Å². The first-order chi connectivity index (χ1) is 18.1. The molecule has 1 saturated heterocycles. The van der Waals surface area contributed by atoms with E-state index in [2.05, 4.69) is 33.8 Å². The minimum Gasteiger partial charge on any atom is -0.497 e. The number of carbonyl (C=O) groups is 1. The summed E-state index contributed by atoms with van der Waals surface area (Å²) in [6, 6.07) is 5.61. The molecule has 1 aromatic rings. The molecule has 1 aliphatic rings. The van der Waals surface area contributed by atoms with E-state index < -0.39 is 12.1 Å². The van der Waals surface area contributed by atoms with E-state index in [1.165, 1.54) is 0 Å². The SMILES string of the molecule is COCCCOc1cc(C[C@@H](C[C@H](N)[C@@H](O)C[C@H](C(=O)CC[C@H]2CCCO2)C(C)C)C(C)C)cc(OC)c1. The van der Waals surface area contributed by atoms with E-state index in [1.807, 2.05) is 12.1 Å². The van der Waals surface area contributed by atoms with Crippen molar-refractivity contribution in [3.05, 3.63) is 23.8 Å². The van der Waals surface area contributed by atoms with Crippen LogP contribution in [0.5, 0.6) is 11.5 Å². The number of hydrogen-bond acceptors (Lipinski definition) is 7. The Morgan fingerprint density at radius 2 is 1.82 bits per heavy atom. The molecule has 0 spiro atoms. The van der Waals surface area contributed by atoms with Crippen LogP contribution in [-0.4, -0.2) is 63.2 Å². The monoisotopic (exact) mass is 535 g/mol. The van der Waals surface area contributed by atoms with Gasteiger partial charge in [-0.1, -0.05) is 27.7 Å². The molecule has 3 N–H and O–H groups in total. The average Bonchev–Trinajstić information content (AvgIpc) is 3.41. The lowest BCUT2D eigenvalue weighted by Crippen LogP contribution is -2.40. The van der Waals surface area contributed by atoms with Crippen molar-refractivity contribution in [1.82, 2.24) is 0 Å². The van der Waals surface area contributed by atoms with Gasteiger partial charge in [-0.15, -0.1) is 0 Å². The second-order valence-electron chi connectivity index (χ2n) is 11.6. The highest BCUT2D eigenvalue weighted by molar-refractivity contribution is 5.81. The van der Waals surface area contributed by atoms with Gasteiger partial charge >= 0.3 is 0 Å². The van der Waals surface area contributed by atoms with E-state index in [0.29, 0.717) is 38.4 Å². The lowest BCUT2D eigenvalue weighted by atomic mass is 9.79. The molecule has 1 aliphatic heterocycles. The van der Waals surface area contributed by atoms with Gasteiger partial charge in [-0.25, -0.2) is 0 Å². The van der Waals surface area contributed by atoms with Gasteiger partial charge in [-0.3, -0.25) is 4.79 Å². The van der Waals surface area contributed by atoms with Crippen LogP contribution in [0.1, 0.15) is 78.2 Å². The summed E-state index contributed by atoms with van der Waals surface area (Å²) in [6.45, 7) is 10.5. The minimum atomic E-state index is -0.722. The molecule has 0 aromatic heterocycles. The Kier molecular flexibility index (Phi) is 14.7. The molecular weight excluding hydrogens is 482 g/mol. The topological polar surface area (TPSA) is 100 Å². The molecule has 5 atom stereocenters. The van der Waals surface area contributed by atoms with Crippen molar-refractivity contribution in [3.8, 4) is 11.5 Å². The highest BCUT2D eigenvalue weighted by Gasteiger charge is 2.30. The predicted molar refractivity (Wildman–Crippen MR) is 152 cm³/mol. The minimum absolute atomic E-state index is 0.161. The number of nitrogens with two attached hydrogens (primary N) is 1. The van der Waals surface area contributed by atoms with Gasteiger partial charge in [-0.2, -0.15) is 0 Å². The van der Waals surface area contributed by atoms with E-state index in [9.17, 15) is 9.90 Å². The maximum atomic E-state index is 13.0. The Hall–Kier alpha value is -1.67. The molecule has 0 bridgehead atoms. The van der Waals surface area contributed by atoms with E-state index in [-0.39, 0.29) is 29.6 Å². The zero-order valence-corrected chi connectivity index (χ0v) is 24.6. The molecule has 38 heavy (non-hydrogen) atoms. The fourth-order valence-electron chi connectivity index (χ4n) is 5.31. The third-order valence-electron chi connectivity index (χ3n) is 7.90. The molecule has 218 valence electrons. The van der Waals surface area contributed by atoms with Crippen LogP contribution in [0.4, 0.5) is 0 Å². The largest absolute Gasteiger partial charge is 0.497 e. The highest BCUT2D eigenvalue weighted by Crippen LogP contribution is 2.30. The zero-order valence-electron chi connectivity index (χ0n) is 24.6. The van der Waals surface area contributed by atoms with Crippen LogP contribution < -0.4 is 15.2 Å². The maximum Gasteiger partial charge on any atom is 0.136 e. The summed E-state index contributed by atoms with van der Waals surface area (Å²) in [5.41, 5.74) is 7.69. The molecule has 0 aliphatic carbocycles. The van der Waals surface area contributed by atoms with Gasteiger partial charge in [0.15, 0.2) is 0 Å². The average molecular weight is 536 g/mol. The van der Waals surface area contributed by atoms with Crippen molar-refractivity contribution >= 4 is 5.78 Å². The van der Waals surface area contributed by atoms with Crippen LogP contribution >= 0.6 is 0 Å². The third kappa shape index (κ3) is 11.2. The summed E-state index contributed by atoms with van der Waals surface area (Å²) in [5.74, 6) is 2.37. The molecule has 1 fully saturated rings. The predicted octanol–water partition coefficient (Wildman–Crippen LogP) is 5.19. The Bertz CT molecular complexity index is 808. The van der Waals surface area contributed by atoms with Gasteiger partial charge in [0.05, 0.1) is 25.9 Å². The number of carbonyl (C=O) groups excluding carboxylic acids is 1. The highest BCUT2D eigenvalue weighted by atomic mass is 16.5. The van der Waals surface area contributed by atoms with Crippen molar-refractivity contribution in [2.75, 3.05) is 34.0 Å². The number of aliphatic hydroxyl groups is 1. The number of methoxy groups -OCH3 is 2. The van der Waals surface area contributed by atoms with Gasteiger partial charge in [0.2, 0.25) is 0 Å². The molecule has 0 saturated carbocycles. The Balaban J connectivity index is 1.98. The van der Waals surface area contributed by atoms with E-state index in [0.717, 1.165) is 55.8 Å². The number of Topliss-reactive ketones (excluding diaryl/α,β-unsaturated/α-hetero) is 1. The smallest absolute Gasteiger partial charge is 0.136 e. The summed E-state index contributed by atoms with van der Waals surface area (Å²) in [7, 11) is 3.35. The van der Waals surface area contributed by atoms with Crippen molar-refractivity contribution < 1.29 is 28.8 Å². The number of ether oxygens (including phenoxy) is 4. The van der Waals surface area contributed by atoms with Crippen molar-refractivity contribution in [1.29, 1.82) is 0 Å². The van der Waals surface area contributed by atoms with Gasteiger partial charge in [0.1, 0.15) is 17.3 Å². The van der Waals surface area contributed by atoms with Crippen molar-refractivity contribution in [2.45, 2.75) is 97.3 Å². The Morgan fingerprint density at radius 3 is 2.42 bits per heavy atom. The third-order valence-corrected chi connectivity index (χ3v) is 7.90. The standard InChI is InChI=1S/C31H53NO6/c1-21(2)24(15-23-16-26(36-6)19-27(17-23)38-14-8-12-35-5)18-29(32)31(34)20-28(22(3)4)30(33)11-10-25-9-7-13-37-25/h16-17,19,21-22,24-25,28-29,31,34H,7-15,18,20,32H2,1-6H3/t24-,25+,28-,29-,31-/m0/s1. The quantitative estimate of drug-likeness (QED) is 0.235. The molecule has 7 nitrogen and oxygen atoms in total. The number of hydrogen-bond donors (Lipinski definition) is 2. The molecule has 7 heteroatoms. The first-order valence-electron chi connectivity index (χ1n) is 14.5. The number of aliphatic hydroxyl groups excluding tert-OH is 1. The maximum absolute atomic E-state index is 13.0. The zero-order chi connectivity index (χ0) is 28.1. The molecular formula is C31H53NO6. The summed E-state index contributed by atoms with van der Waals surface area (Å²) in [6.07, 6.45) is 5.60. The van der Waals surface area contributed by atoms with Gasteiger partial charge in [-0.05, 0) is 74.0 Å². The normalized spacial score (nSPS) is 18.9. The van der Waals surface area contributed by atoms with E-state index >= 15 is 0 Å². The lowest BCUT2D eigenvalue weighted by molar-refractivity contribution is -0.126. The first kappa shape index (κ1) is 32.5. The van der Waals surface area contributed by atoms with Crippen molar-refractivity contribution in [3.63, 3.8) is 0 Å². The van der Waals surface area contributed by atoms with Crippen LogP contribution in [0.15, 0.2) is 18.2 Å². The Morgan fingerprint density at radius 1 is 1.08 bits per heavy atom. The number of ketones is 1. The molecule has 0 unspecified atom stereocenters. The van der Waals surface area contributed by atoms with E-state index in [4.69, 9.17) is 24.7 Å². The molecule has 2 rings (SSSR count). The fraction of sp³-hybridized carbons (Fsp3) is 0.774. The first-order valence-corrected chi connectivity index (χ1v) is 14.5. The van der Waals surface area contributed by atoms with Crippen LogP contribution in [0.25, 0.3) is 0 Å². The Labute approximate surface area is 230 Å². The summed E-state index contributed by atoms with van der Waals surface area (Å²) in [5, 5.41) is 11.1. The summed E-state index contributed by atoms with van der Waals surface area (Å²) >= 11 is 0. The van der Waals surface area contributed by atoms with Crippen LogP contribution in [-0.2, 0) is 20.7 Å². The van der Waals surface area contributed by atoms with Crippen LogP contribution in [0.3, 0.4) is 0 Å². The van der Waals surface area contributed by atoms with Gasteiger partial charge < -0.3 is 29.8 Å². The summed E-state index contributed by atoms with van der Waals surface area (Å²) in [4.78, 5) is 13.0. The number of rotatable bonds is 19. The molecule has 0 amide bonds. The molecule has 1 heterocycles. The number of benzene rings is 1. The second kappa shape index (κ2) is 17.1. The van der Waals surface area contributed by atoms with Gasteiger partial charge in [0.25, 0.3) is 0 Å². The van der Waals surface area contributed by atoms with E-state index in [1.54, 1.807) is 14.2 Å².